The molecule has 0 unspecified atom stereocenters. The van der Waals surface area contributed by atoms with E-state index in [0.29, 0.717) is 13.2 Å². The van der Waals surface area contributed by atoms with Crippen LogP contribution in [-0.2, 0) is 32.1 Å². The minimum absolute atomic E-state index is 0.00934. The number of nitrogens with zero attached hydrogens (tertiary/aromatic N) is 1. The number of ether oxygens (including phenoxy) is 1. The van der Waals surface area contributed by atoms with Crippen molar-refractivity contribution in [3.05, 3.63) is 45.5 Å². The van der Waals surface area contributed by atoms with Crippen LogP contribution in [-0.4, -0.2) is 87.8 Å². The molecule has 1 saturated heterocycles. The van der Waals surface area contributed by atoms with Gasteiger partial charge in [0.1, 0.15) is 28.7 Å². The molecule has 4 aliphatic rings. The van der Waals surface area contributed by atoms with Gasteiger partial charge >= 0.3 is 0 Å². The standard InChI is InChI=1S/C26H30FN3O8/c1-30(2)20-14-6-10-5-13-17(15(31)7-11(19(13)27)8-29-12-3-4-38-9-12)21(32)16(10)23(34)26(14,37)24(35)18(22(20)33)25(28)36/h7,10,12,14,20,29,31-32,35,37H,3-6,8-9H2,1-2H3,(H2,28,36)/t10-,12+,14-,20-,26-/m0/s1. The molecule has 1 heterocycles. The summed E-state index contributed by atoms with van der Waals surface area (Å²) in [4.78, 5) is 40.3. The Hall–Kier alpha value is -3.32. The lowest BCUT2D eigenvalue weighted by molar-refractivity contribution is -0.153. The first-order valence-corrected chi connectivity index (χ1v) is 12.4. The molecule has 1 aromatic rings. The molecule has 12 heteroatoms. The number of rotatable bonds is 5. The van der Waals surface area contributed by atoms with Crippen molar-refractivity contribution in [3.8, 4) is 5.75 Å². The van der Waals surface area contributed by atoms with Crippen molar-refractivity contribution in [3.63, 3.8) is 0 Å². The van der Waals surface area contributed by atoms with Crippen molar-refractivity contribution in [2.24, 2.45) is 17.6 Å². The molecule has 2 fully saturated rings. The number of phenols is 1. The fourth-order valence-electron chi connectivity index (χ4n) is 6.43. The highest BCUT2D eigenvalue weighted by molar-refractivity contribution is 6.24. The second kappa shape index (κ2) is 9.16. The topological polar surface area (TPSA) is 183 Å². The number of nitrogens with two attached hydrogens (primary N) is 1. The first-order valence-electron chi connectivity index (χ1n) is 12.4. The van der Waals surface area contributed by atoms with E-state index in [1.807, 2.05) is 0 Å². The summed E-state index contributed by atoms with van der Waals surface area (Å²) in [5.74, 6) is -8.32. The largest absolute Gasteiger partial charge is 0.508 e. The zero-order chi connectivity index (χ0) is 27.7. The molecule has 1 aliphatic heterocycles. The van der Waals surface area contributed by atoms with Crippen molar-refractivity contribution >= 4 is 23.2 Å². The van der Waals surface area contributed by atoms with Crippen molar-refractivity contribution in [2.75, 3.05) is 27.3 Å². The molecule has 0 spiro atoms. The first-order chi connectivity index (χ1) is 17.9. The van der Waals surface area contributed by atoms with Gasteiger partial charge in [-0.2, -0.15) is 0 Å². The Morgan fingerprint density at radius 2 is 2.00 bits per heavy atom. The number of aromatic hydroxyl groups is 1. The van der Waals surface area contributed by atoms with Crippen molar-refractivity contribution < 1.29 is 43.9 Å². The van der Waals surface area contributed by atoms with Crippen molar-refractivity contribution in [1.82, 2.24) is 10.2 Å². The number of fused-ring (bicyclic) bond motifs is 3. The predicted octanol–water partition coefficient (Wildman–Crippen LogP) is -0.0184. The molecule has 3 aliphatic carbocycles. The average molecular weight is 532 g/mol. The van der Waals surface area contributed by atoms with Gasteiger partial charge < -0.3 is 36.2 Å². The van der Waals surface area contributed by atoms with E-state index in [0.717, 1.165) is 6.42 Å². The zero-order valence-corrected chi connectivity index (χ0v) is 21.0. The highest BCUT2D eigenvalue weighted by atomic mass is 19.1. The van der Waals surface area contributed by atoms with Gasteiger partial charge in [0.25, 0.3) is 5.91 Å². The fourth-order valence-corrected chi connectivity index (χ4v) is 6.43. The van der Waals surface area contributed by atoms with Gasteiger partial charge in [0.05, 0.1) is 18.2 Å². The quantitative estimate of drug-likeness (QED) is 0.283. The molecule has 0 aromatic heterocycles. The Balaban J connectivity index is 1.61. The smallest absolute Gasteiger partial charge is 0.255 e. The van der Waals surface area contributed by atoms with Crippen molar-refractivity contribution in [2.45, 2.75) is 43.5 Å². The number of primary amides is 1. The van der Waals surface area contributed by atoms with Crippen LogP contribution in [0.1, 0.15) is 29.5 Å². The third-order valence-electron chi connectivity index (χ3n) is 8.24. The lowest BCUT2D eigenvalue weighted by Gasteiger charge is -2.50. The minimum atomic E-state index is -2.73. The number of hydrogen-bond acceptors (Lipinski definition) is 10. The molecule has 1 amide bonds. The first kappa shape index (κ1) is 26.3. The normalized spacial score (nSPS) is 31.0. The summed E-state index contributed by atoms with van der Waals surface area (Å²) < 4.78 is 21.0. The Morgan fingerprint density at radius 3 is 2.61 bits per heavy atom. The molecule has 5 atom stereocenters. The molecule has 0 bridgehead atoms. The number of halogens is 1. The van der Waals surface area contributed by atoms with Gasteiger partial charge in [0.15, 0.2) is 11.4 Å². The highest BCUT2D eigenvalue weighted by Crippen LogP contribution is 2.53. The van der Waals surface area contributed by atoms with E-state index in [1.54, 1.807) is 0 Å². The van der Waals surface area contributed by atoms with Gasteiger partial charge in [-0.15, -0.1) is 0 Å². The van der Waals surface area contributed by atoms with Crippen LogP contribution >= 0.6 is 0 Å². The molecular formula is C26H30FN3O8. The molecule has 1 aromatic carbocycles. The number of likely N-dealkylation sites (N-methyl/N-ethyl adjacent to an activating group) is 1. The Bertz CT molecular complexity index is 1320. The fraction of sp³-hybridized carbons (Fsp3) is 0.500. The maximum Gasteiger partial charge on any atom is 0.255 e. The molecule has 204 valence electrons. The lowest BCUT2D eigenvalue weighted by Crippen LogP contribution is -2.65. The number of carbonyl (C=O) groups is 3. The molecule has 5 rings (SSSR count). The van der Waals surface area contributed by atoms with E-state index >= 15 is 4.39 Å². The number of aliphatic hydroxyl groups excluding tert-OH is 2. The Labute approximate surface area is 217 Å². The monoisotopic (exact) mass is 531 g/mol. The van der Waals surface area contributed by atoms with Crippen LogP contribution in [0.3, 0.4) is 0 Å². The van der Waals surface area contributed by atoms with Gasteiger partial charge in [-0.25, -0.2) is 4.39 Å². The molecule has 11 nitrogen and oxygen atoms in total. The van der Waals surface area contributed by atoms with E-state index in [9.17, 15) is 34.8 Å². The van der Waals surface area contributed by atoms with Gasteiger partial charge in [0.2, 0.25) is 5.78 Å². The van der Waals surface area contributed by atoms with Gasteiger partial charge in [-0.05, 0) is 45.3 Å². The SMILES string of the molecule is CN(C)[C@@H]1C(=O)C(C(N)=O)=C(O)[C@@]2(O)C(=O)C3=C(O)c4c(O)cc(CN[C@@H]5CCOC5)c(F)c4C[C@H]3C[C@@H]12. The van der Waals surface area contributed by atoms with E-state index < -0.39 is 69.6 Å². The van der Waals surface area contributed by atoms with E-state index in [4.69, 9.17) is 10.5 Å². The average Bonchev–Trinajstić information content (AvgIpc) is 3.36. The van der Waals surface area contributed by atoms with Crippen LogP contribution < -0.4 is 11.1 Å². The number of Topliss-reactive ketones (excluding diaryl/α,β-unsaturated/α-hetero) is 2. The van der Waals surface area contributed by atoms with Gasteiger partial charge in [0, 0.05) is 41.8 Å². The van der Waals surface area contributed by atoms with Crippen molar-refractivity contribution in [1.29, 1.82) is 0 Å². The van der Waals surface area contributed by atoms with Crippen LogP contribution in [0.2, 0.25) is 0 Å². The lowest BCUT2D eigenvalue weighted by atomic mass is 9.57. The number of ketones is 2. The maximum atomic E-state index is 15.7. The number of phenolic OH excluding ortho intramolecular Hbond substituents is 1. The predicted molar refractivity (Wildman–Crippen MR) is 130 cm³/mol. The van der Waals surface area contributed by atoms with Gasteiger partial charge in [-0.3, -0.25) is 19.3 Å². The summed E-state index contributed by atoms with van der Waals surface area (Å²) in [7, 11) is 3.03. The van der Waals surface area contributed by atoms with Gasteiger partial charge in [-0.1, -0.05) is 0 Å². The summed E-state index contributed by atoms with van der Waals surface area (Å²) in [6, 6.07) is 0.0110. The summed E-state index contributed by atoms with van der Waals surface area (Å²) in [5.41, 5.74) is 1.29. The number of nitrogens with one attached hydrogen (secondary N) is 1. The summed E-state index contributed by atoms with van der Waals surface area (Å²) >= 11 is 0. The number of benzene rings is 1. The Morgan fingerprint density at radius 1 is 1.29 bits per heavy atom. The van der Waals surface area contributed by atoms with Crippen LogP contribution in [0.5, 0.6) is 5.75 Å². The highest BCUT2D eigenvalue weighted by Gasteiger charge is 2.64. The molecule has 7 N–H and O–H groups in total. The Kier molecular flexibility index (Phi) is 6.33. The molecule has 0 radical (unpaired) electrons. The summed E-state index contributed by atoms with van der Waals surface area (Å²) in [6.45, 7) is 1.20. The number of amides is 1. The molecule has 38 heavy (non-hydrogen) atoms. The van der Waals surface area contributed by atoms with Crippen LogP contribution in [0.4, 0.5) is 4.39 Å². The van der Waals surface area contributed by atoms with E-state index in [-0.39, 0.29) is 47.7 Å². The molecular weight excluding hydrogens is 501 g/mol. The second-order valence-electron chi connectivity index (χ2n) is 10.6. The van der Waals surface area contributed by atoms with E-state index in [2.05, 4.69) is 5.32 Å². The minimum Gasteiger partial charge on any atom is -0.508 e. The van der Waals surface area contributed by atoms with Crippen LogP contribution in [0, 0.1) is 17.7 Å². The zero-order valence-electron chi connectivity index (χ0n) is 21.0. The summed E-state index contributed by atoms with van der Waals surface area (Å²) in [6.07, 6.45) is 0.562. The third-order valence-corrected chi connectivity index (χ3v) is 8.24. The number of carbonyl (C=O) groups excluding carboxylic acids is 3. The molecule has 1 saturated carbocycles. The second-order valence-corrected chi connectivity index (χ2v) is 10.6. The summed E-state index contributed by atoms with van der Waals surface area (Å²) in [5, 5.41) is 47.5. The number of hydrogen-bond donors (Lipinski definition) is 6. The third kappa shape index (κ3) is 3.66. The maximum absolute atomic E-state index is 15.7. The van der Waals surface area contributed by atoms with Crippen LogP contribution in [0.25, 0.3) is 5.76 Å². The van der Waals surface area contributed by atoms with E-state index in [1.165, 1.54) is 25.1 Å². The number of aliphatic hydroxyl groups is 3. The van der Waals surface area contributed by atoms with Crippen LogP contribution in [0.15, 0.2) is 23.0 Å².